The minimum absolute atomic E-state index is 1.10. The van der Waals surface area contributed by atoms with Crippen LogP contribution in [0.15, 0.2) is 18.2 Å². The van der Waals surface area contributed by atoms with Gasteiger partial charge in [0.15, 0.2) is 0 Å². The van der Waals surface area contributed by atoms with Crippen LogP contribution in [0.1, 0.15) is 30.5 Å². The molecule has 59 valence electrons. The second-order valence-electron chi connectivity index (χ2n) is 2.76. The Bertz CT molecular complexity index is 236. The predicted molar refractivity (Wildman–Crippen MR) is 49.7 cm³/mol. The van der Waals surface area contributed by atoms with Crippen molar-refractivity contribution < 1.29 is 0 Å². The molecule has 0 unspecified atom stereocenters. The van der Waals surface area contributed by atoms with E-state index in [2.05, 4.69) is 39.0 Å². The summed E-state index contributed by atoms with van der Waals surface area (Å²) in [6.07, 6.45) is 2.22. The van der Waals surface area contributed by atoms with Gasteiger partial charge in [-0.15, -0.1) is 0 Å². The Morgan fingerprint density at radius 2 is 1.91 bits per heavy atom. The lowest BCUT2D eigenvalue weighted by atomic mass is 9.98. The fourth-order valence-electron chi connectivity index (χ4n) is 1.47. The third kappa shape index (κ3) is 1.62. The molecule has 0 atom stereocenters. The molecule has 11 heavy (non-hydrogen) atoms. The van der Waals surface area contributed by atoms with Crippen LogP contribution in [0.5, 0.6) is 0 Å². The van der Waals surface area contributed by atoms with Crippen molar-refractivity contribution in [2.45, 2.75) is 26.7 Å². The Labute approximate surface area is 69.3 Å². The van der Waals surface area contributed by atoms with E-state index in [-0.39, 0.29) is 0 Å². The minimum atomic E-state index is 1.10. The van der Waals surface area contributed by atoms with Gasteiger partial charge in [-0.25, -0.2) is 0 Å². The van der Waals surface area contributed by atoms with Crippen LogP contribution < -0.4 is 0 Å². The molecule has 0 aliphatic heterocycles. The van der Waals surface area contributed by atoms with Crippen molar-refractivity contribution in [1.29, 1.82) is 0 Å². The van der Waals surface area contributed by atoms with Crippen LogP contribution in [-0.2, 0) is 12.8 Å². The number of benzene rings is 1. The van der Waals surface area contributed by atoms with Crippen LogP contribution >= 0.6 is 0 Å². The fourth-order valence-corrected chi connectivity index (χ4v) is 1.47. The van der Waals surface area contributed by atoms with Gasteiger partial charge < -0.3 is 0 Å². The molecule has 1 radical (unpaired) electrons. The van der Waals surface area contributed by atoms with Crippen LogP contribution in [0.2, 0.25) is 0 Å². The smallest absolute Gasteiger partial charge is 0.0235 e. The first-order chi connectivity index (χ1) is 5.29. The molecule has 0 aromatic heterocycles. The SMILES string of the molecule is [CH2]c1cccc(CC)c1CC. The molecular formula is C11H15. The standard InChI is InChI=1S/C11H15/c1-4-10-8-6-7-9(3)11(10)5-2/h6-8H,3-5H2,1-2H3. The van der Waals surface area contributed by atoms with Gasteiger partial charge in [0.25, 0.3) is 0 Å². The highest BCUT2D eigenvalue weighted by molar-refractivity contribution is 5.36. The summed E-state index contributed by atoms with van der Waals surface area (Å²) in [5, 5.41) is 0. The van der Waals surface area contributed by atoms with E-state index in [0.717, 1.165) is 12.8 Å². The first-order valence-corrected chi connectivity index (χ1v) is 4.22. The van der Waals surface area contributed by atoms with E-state index in [1.165, 1.54) is 16.7 Å². The zero-order valence-electron chi connectivity index (χ0n) is 7.35. The van der Waals surface area contributed by atoms with Gasteiger partial charge in [0.05, 0.1) is 0 Å². The lowest BCUT2D eigenvalue weighted by Crippen LogP contribution is -1.93. The van der Waals surface area contributed by atoms with Crippen molar-refractivity contribution >= 4 is 0 Å². The molecule has 0 nitrogen and oxygen atoms in total. The molecule has 0 bridgehead atoms. The van der Waals surface area contributed by atoms with Crippen molar-refractivity contribution in [3.8, 4) is 0 Å². The molecule has 0 fully saturated rings. The molecule has 0 heteroatoms. The van der Waals surface area contributed by atoms with Gasteiger partial charge in [-0.05, 0) is 36.5 Å². The van der Waals surface area contributed by atoms with E-state index in [1.54, 1.807) is 0 Å². The highest BCUT2D eigenvalue weighted by atomic mass is 14.0. The van der Waals surface area contributed by atoms with E-state index < -0.39 is 0 Å². The van der Waals surface area contributed by atoms with Crippen LogP contribution in [0, 0.1) is 6.92 Å². The summed E-state index contributed by atoms with van der Waals surface area (Å²) in [5.74, 6) is 0. The summed E-state index contributed by atoms with van der Waals surface area (Å²) in [6.45, 7) is 8.37. The Hall–Kier alpha value is -0.780. The molecule has 0 spiro atoms. The van der Waals surface area contributed by atoms with E-state index in [1.807, 2.05) is 0 Å². The summed E-state index contributed by atoms with van der Waals surface area (Å²) in [5.41, 5.74) is 4.06. The van der Waals surface area contributed by atoms with Crippen LogP contribution in [0.4, 0.5) is 0 Å². The van der Waals surface area contributed by atoms with Gasteiger partial charge in [-0.1, -0.05) is 32.0 Å². The van der Waals surface area contributed by atoms with Gasteiger partial charge in [-0.2, -0.15) is 0 Å². The van der Waals surface area contributed by atoms with Crippen molar-refractivity contribution in [2.24, 2.45) is 0 Å². The van der Waals surface area contributed by atoms with Gasteiger partial charge in [0.2, 0.25) is 0 Å². The number of hydrogen-bond donors (Lipinski definition) is 0. The lowest BCUT2D eigenvalue weighted by Gasteiger charge is -2.07. The molecule has 0 N–H and O–H groups in total. The quantitative estimate of drug-likeness (QED) is 0.603. The van der Waals surface area contributed by atoms with Gasteiger partial charge >= 0.3 is 0 Å². The average Bonchev–Trinajstić information content (AvgIpc) is 2.04. The molecule has 0 saturated heterocycles. The van der Waals surface area contributed by atoms with Gasteiger partial charge in [0.1, 0.15) is 0 Å². The second-order valence-corrected chi connectivity index (χ2v) is 2.76. The second kappa shape index (κ2) is 3.56. The largest absolute Gasteiger partial charge is 0.0617 e. The van der Waals surface area contributed by atoms with E-state index >= 15 is 0 Å². The normalized spacial score (nSPS) is 10.1. The molecule has 0 aliphatic carbocycles. The molecule has 1 rings (SSSR count). The summed E-state index contributed by atoms with van der Waals surface area (Å²) >= 11 is 0. The lowest BCUT2D eigenvalue weighted by molar-refractivity contribution is 1.03. The number of hydrogen-bond acceptors (Lipinski definition) is 0. The Morgan fingerprint density at radius 1 is 1.18 bits per heavy atom. The maximum Gasteiger partial charge on any atom is -0.0235 e. The fraction of sp³-hybridized carbons (Fsp3) is 0.364. The molecule has 0 heterocycles. The van der Waals surface area contributed by atoms with Crippen molar-refractivity contribution in [1.82, 2.24) is 0 Å². The van der Waals surface area contributed by atoms with E-state index in [9.17, 15) is 0 Å². The Kier molecular flexibility index (Phi) is 2.70. The highest BCUT2D eigenvalue weighted by Gasteiger charge is 1.99. The number of aryl methyl sites for hydroxylation is 1. The maximum atomic E-state index is 4.00. The molecule has 0 aliphatic rings. The minimum Gasteiger partial charge on any atom is -0.0617 e. The summed E-state index contributed by atoms with van der Waals surface area (Å²) in [7, 11) is 0. The predicted octanol–water partition coefficient (Wildman–Crippen LogP) is 2.99. The van der Waals surface area contributed by atoms with Crippen LogP contribution in [0.3, 0.4) is 0 Å². The van der Waals surface area contributed by atoms with Gasteiger partial charge in [-0.3, -0.25) is 0 Å². The molecule has 0 saturated carbocycles. The Morgan fingerprint density at radius 3 is 2.36 bits per heavy atom. The molecule has 1 aromatic rings. The molecule has 1 aromatic carbocycles. The zero-order valence-corrected chi connectivity index (χ0v) is 7.35. The highest BCUT2D eigenvalue weighted by Crippen LogP contribution is 2.14. The van der Waals surface area contributed by atoms with Gasteiger partial charge in [0, 0.05) is 0 Å². The van der Waals surface area contributed by atoms with E-state index in [0.29, 0.717) is 0 Å². The zero-order chi connectivity index (χ0) is 8.27. The van der Waals surface area contributed by atoms with Crippen molar-refractivity contribution in [3.05, 3.63) is 41.8 Å². The first-order valence-electron chi connectivity index (χ1n) is 4.22. The third-order valence-corrected chi connectivity index (χ3v) is 2.10. The van der Waals surface area contributed by atoms with Crippen molar-refractivity contribution in [2.75, 3.05) is 0 Å². The summed E-state index contributed by atoms with van der Waals surface area (Å²) < 4.78 is 0. The summed E-state index contributed by atoms with van der Waals surface area (Å²) in [4.78, 5) is 0. The Balaban J connectivity index is 3.13. The van der Waals surface area contributed by atoms with Crippen LogP contribution in [0.25, 0.3) is 0 Å². The number of rotatable bonds is 2. The summed E-state index contributed by atoms with van der Waals surface area (Å²) in [6, 6.07) is 6.35. The van der Waals surface area contributed by atoms with Crippen molar-refractivity contribution in [3.63, 3.8) is 0 Å². The maximum absolute atomic E-state index is 4.00. The molecule has 0 amide bonds. The average molecular weight is 147 g/mol. The molecular weight excluding hydrogens is 132 g/mol. The third-order valence-electron chi connectivity index (χ3n) is 2.10. The monoisotopic (exact) mass is 147 g/mol. The van der Waals surface area contributed by atoms with Crippen LogP contribution in [-0.4, -0.2) is 0 Å². The first kappa shape index (κ1) is 8.32. The van der Waals surface area contributed by atoms with E-state index in [4.69, 9.17) is 0 Å². The topological polar surface area (TPSA) is 0 Å².